The van der Waals surface area contributed by atoms with Crippen LogP contribution in [0.3, 0.4) is 0 Å². The first-order valence-corrected chi connectivity index (χ1v) is 9.46. The molecule has 1 aliphatic heterocycles. The number of carbonyl (C=O) groups excluding carboxylic acids is 2. The van der Waals surface area contributed by atoms with Crippen molar-refractivity contribution < 1.29 is 24.2 Å². The number of aliphatic carboxylic acids is 1. The largest absolute Gasteiger partial charge is 0.495 e. The molecule has 1 aliphatic rings. The molecule has 1 atom stereocenters. The van der Waals surface area contributed by atoms with Crippen LogP contribution in [0.15, 0.2) is 35.7 Å². The summed E-state index contributed by atoms with van der Waals surface area (Å²) in [7, 11) is 1.50. The summed E-state index contributed by atoms with van der Waals surface area (Å²) in [5.41, 5.74) is 0.810. The molecule has 1 unspecified atom stereocenters. The number of nitrogens with one attached hydrogen (secondary N) is 1. The predicted octanol–water partition coefficient (Wildman–Crippen LogP) is 3.09. The minimum atomic E-state index is -0.989. The standard InChI is InChI=1S/C19H20N2O5S/c1-26-15-8-10-27-16(15)17(22)20-13-6-4-5-12(11-13)18(23)21-9-3-2-7-14(21)19(24)25/h4-6,8,10-11,14H,2-3,7,9H2,1H3,(H,20,22)(H,24,25). The average molecular weight is 388 g/mol. The lowest BCUT2D eigenvalue weighted by atomic mass is 10.0. The van der Waals surface area contributed by atoms with Gasteiger partial charge in [-0.3, -0.25) is 9.59 Å². The maximum Gasteiger partial charge on any atom is 0.326 e. The Morgan fingerprint density at radius 1 is 1.26 bits per heavy atom. The number of hydrogen-bond acceptors (Lipinski definition) is 5. The van der Waals surface area contributed by atoms with Crippen LogP contribution in [0.25, 0.3) is 0 Å². The molecule has 1 aromatic heterocycles. The third-order valence-corrected chi connectivity index (χ3v) is 5.37. The highest BCUT2D eigenvalue weighted by Crippen LogP contribution is 2.26. The molecule has 0 radical (unpaired) electrons. The van der Waals surface area contributed by atoms with Gasteiger partial charge < -0.3 is 20.1 Å². The maximum atomic E-state index is 12.8. The van der Waals surface area contributed by atoms with Gasteiger partial charge in [0.15, 0.2) is 0 Å². The molecule has 1 saturated heterocycles. The molecule has 27 heavy (non-hydrogen) atoms. The number of methoxy groups -OCH3 is 1. The Balaban J connectivity index is 1.78. The Hall–Kier alpha value is -2.87. The number of thiophene rings is 1. The van der Waals surface area contributed by atoms with E-state index in [0.29, 0.717) is 34.8 Å². The molecular formula is C19H20N2O5S. The van der Waals surface area contributed by atoms with Crippen molar-refractivity contribution in [3.05, 3.63) is 46.2 Å². The van der Waals surface area contributed by atoms with Crippen LogP contribution in [0.2, 0.25) is 0 Å². The second-order valence-electron chi connectivity index (χ2n) is 6.20. The van der Waals surface area contributed by atoms with Crippen molar-refractivity contribution in [2.24, 2.45) is 0 Å². The molecule has 142 valence electrons. The van der Waals surface area contributed by atoms with Crippen LogP contribution in [0, 0.1) is 0 Å². The smallest absolute Gasteiger partial charge is 0.326 e. The molecule has 2 amide bonds. The van der Waals surface area contributed by atoms with Crippen molar-refractivity contribution in [1.82, 2.24) is 4.90 Å². The molecule has 0 bridgehead atoms. The molecule has 0 aliphatic carbocycles. The zero-order valence-corrected chi connectivity index (χ0v) is 15.6. The normalized spacial score (nSPS) is 16.6. The van der Waals surface area contributed by atoms with Crippen molar-refractivity contribution in [2.75, 3.05) is 19.0 Å². The highest BCUT2D eigenvalue weighted by atomic mass is 32.1. The molecule has 2 heterocycles. The number of benzene rings is 1. The predicted molar refractivity (Wildman–Crippen MR) is 102 cm³/mol. The molecule has 7 nitrogen and oxygen atoms in total. The number of hydrogen-bond donors (Lipinski definition) is 2. The Kier molecular flexibility index (Phi) is 5.75. The number of ether oxygens (including phenoxy) is 1. The van der Waals surface area contributed by atoms with Crippen molar-refractivity contribution in [1.29, 1.82) is 0 Å². The zero-order valence-electron chi connectivity index (χ0n) is 14.8. The monoisotopic (exact) mass is 388 g/mol. The molecule has 0 saturated carbocycles. The van der Waals surface area contributed by atoms with Crippen LogP contribution in [-0.2, 0) is 4.79 Å². The van der Waals surface area contributed by atoms with Crippen LogP contribution in [0.1, 0.15) is 39.3 Å². The molecule has 8 heteroatoms. The summed E-state index contributed by atoms with van der Waals surface area (Å²) in [6, 6.07) is 7.43. The third-order valence-electron chi connectivity index (χ3n) is 4.47. The molecule has 0 spiro atoms. The maximum absolute atomic E-state index is 12.8. The van der Waals surface area contributed by atoms with E-state index in [1.165, 1.54) is 23.3 Å². The van der Waals surface area contributed by atoms with Gasteiger partial charge in [0.05, 0.1) is 7.11 Å². The van der Waals surface area contributed by atoms with Gasteiger partial charge in [-0.2, -0.15) is 0 Å². The minimum absolute atomic E-state index is 0.326. The fourth-order valence-electron chi connectivity index (χ4n) is 3.14. The number of piperidine rings is 1. The fourth-order valence-corrected chi connectivity index (χ4v) is 3.89. The van der Waals surface area contributed by atoms with E-state index in [2.05, 4.69) is 5.32 Å². The fraction of sp³-hybridized carbons (Fsp3) is 0.316. The first kappa shape index (κ1) is 18.9. The Bertz CT molecular complexity index is 863. The van der Waals surface area contributed by atoms with Crippen LogP contribution < -0.4 is 10.1 Å². The van der Waals surface area contributed by atoms with Gasteiger partial charge in [0.25, 0.3) is 11.8 Å². The van der Waals surface area contributed by atoms with E-state index in [0.717, 1.165) is 12.8 Å². The van der Waals surface area contributed by atoms with E-state index in [-0.39, 0.29) is 11.8 Å². The summed E-state index contributed by atoms with van der Waals surface area (Å²) >= 11 is 1.26. The van der Waals surface area contributed by atoms with E-state index in [4.69, 9.17) is 4.74 Å². The van der Waals surface area contributed by atoms with Crippen LogP contribution in [-0.4, -0.2) is 47.5 Å². The van der Waals surface area contributed by atoms with Gasteiger partial charge in [-0.05, 0) is 48.9 Å². The topological polar surface area (TPSA) is 95.9 Å². The number of rotatable bonds is 5. The van der Waals surface area contributed by atoms with Crippen molar-refractivity contribution in [2.45, 2.75) is 25.3 Å². The number of carboxylic acid groups (broad SMARTS) is 1. The number of carbonyl (C=O) groups is 3. The second kappa shape index (κ2) is 8.22. The molecule has 3 rings (SSSR count). The Morgan fingerprint density at radius 2 is 2.07 bits per heavy atom. The summed E-state index contributed by atoms with van der Waals surface area (Å²) in [6.07, 6.45) is 2.03. The number of carboxylic acids is 1. The minimum Gasteiger partial charge on any atom is -0.495 e. The molecule has 1 aromatic carbocycles. The van der Waals surface area contributed by atoms with E-state index in [9.17, 15) is 19.5 Å². The third kappa shape index (κ3) is 4.11. The van der Waals surface area contributed by atoms with Gasteiger partial charge in [0.2, 0.25) is 0 Å². The van der Waals surface area contributed by atoms with Gasteiger partial charge in [-0.15, -0.1) is 11.3 Å². The lowest BCUT2D eigenvalue weighted by Gasteiger charge is -2.33. The summed E-state index contributed by atoms with van der Waals surface area (Å²) < 4.78 is 5.15. The highest BCUT2D eigenvalue weighted by Gasteiger charge is 2.32. The van der Waals surface area contributed by atoms with Gasteiger partial charge in [-0.25, -0.2) is 4.79 Å². The SMILES string of the molecule is COc1ccsc1C(=O)Nc1cccc(C(=O)N2CCCCC2C(=O)O)c1. The summed E-state index contributed by atoms with van der Waals surface area (Å²) in [5.74, 6) is -1.17. The second-order valence-corrected chi connectivity index (χ2v) is 7.12. The number of nitrogens with zero attached hydrogens (tertiary/aromatic N) is 1. The number of anilines is 1. The molecular weight excluding hydrogens is 368 g/mol. The van der Waals surface area contributed by atoms with E-state index >= 15 is 0 Å². The van der Waals surface area contributed by atoms with Crippen LogP contribution in [0.5, 0.6) is 5.75 Å². The number of likely N-dealkylation sites (tertiary alicyclic amines) is 1. The first-order valence-electron chi connectivity index (χ1n) is 8.58. The average Bonchev–Trinajstić information content (AvgIpc) is 3.16. The van der Waals surface area contributed by atoms with Crippen molar-refractivity contribution >= 4 is 34.8 Å². The first-order chi connectivity index (χ1) is 13.0. The quantitative estimate of drug-likeness (QED) is 0.821. The summed E-state index contributed by atoms with van der Waals surface area (Å²) in [4.78, 5) is 38.5. The van der Waals surface area contributed by atoms with E-state index in [1.807, 2.05) is 0 Å². The molecule has 2 N–H and O–H groups in total. The van der Waals surface area contributed by atoms with E-state index < -0.39 is 12.0 Å². The highest BCUT2D eigenvalue weighted by molar-refractivity contribution is 7.12. The molecule has 2 aromatic rings. The number of amides is 2. The van der Waals surface area contributed by atoms with Crippen LogP contribution in [0.4, 0.5) is 5.69 Å². The zero-order chi connectivity index (χ0) is 19.4. The lowest BCUT2D eigenvalue weighted by Crippen LogP contribution is -2.48. The summed E-state index contributed by atoms with van der Waals surface area (Å²) in [6.45, 7) is 0.415. The van der Waals surface area contributed by atoms with Gasteiger partial charge in [0, 0.05) is 17.8 Å². The Labute approximate surface area is 160 Å². The van der Waals surface area contributed by atoms with Gasteiger partial charge in [0.1, 0.15) is 16.7 Å². The molecule has 1 fully saturated rings. The Morgan fingerprint density at radius 3 is 2.81 bits per heavy atom. The van der Waals surface area contributed by atoms with Crippen molar-refractivity contribution in [3.63, 3.8) is 0 Å². The lowest BCUT2D eigenvalue weighted by molar-refractivity contribution is -0.143. The van der Waals surface area contributed by atoms with Gasteiger partial charge in [-0.1, -0.05) is 6.07 Å². The van der Waals surface area contributed by atoms with Crippen LogP contribution >= 0.6 is 11.3 Å². The van der Waals surface area contributed by atoms with Crippen molar-refractivity contribution in [3.8, 4) is 5.75 Å². The summed E-state index contributed by atoms with van der Waals surface area (Å²) in [5, 5.41) is 13.9. The van der Waals surface area contributed by atoms with Gasteiger partial charge >= 0.3 is 5.97 Å². The van der Waals surface area contributed by atoms with E-state index in [1.54, 1.807) is 35.7 Å².